The second-order valence-corrected chi connectivity index (χ2v) is 5.21. The zero-order chi connectivity index (χ0) is 12.3. The van der Waals surface area contributed by atoms with Gasteiger partial charge in [0, 0.05) is 6.07 Å². The molecule has 0 spiro atoms. The van der Waals surface area contributed by atoms with E-state index in [4.69, 9.17) is 10.6 Å². The van der Waals surface area contributed by atoms with Gasteiger partial charge >= 0.3 is 0 Å². The number of piperidine rings is 1. The number of rotatable bonds is 3. The molecule has 0 atom stereocenters. The van der Waals surface area contributed by atoms with Crippen molar-refractivity contribution in [2.24, 2.45) is 5.84 Å². The van der Waals surface area contributed by atoms with Crippen LogP contribution in [0, 0.1) is 0 Å². The van der Waals surface area contributed by atoms with Crippen molar-refractivity contribution in [2.45, 2.75) is 26.2 Å². The Labute approximate surface area is 110 Å². The van der Waals surface area contributed by atoms with Gasteiger partial charge in [-0.15, -0.1) is 0 Å². The Balaban J connectivity index is 2.28. The van der Waals surface area contributed by atoms with Crippen molar-refractivity contribution in [3.05, 3.63) is 16.9 Å². The number of aromatic nitrogens is 1. The van der Waals surface area contributed by atoms with Crippen LogP contribution in [0.3, 0.4) is 0 Å². The molecule has 0 saturated carbocycles. The molecule has 94 valence electrons. The third-order valence-corrected chi connectivity index (χ3v) is 3.82. The van der Waals surface area contributed by atoms with Gasteiger partial charge in [0.05, 0.1) is 12.8 Å². The fourth-order valence-corrected chi connectivity index (χ4v) is 2.58. The Morgan fingerprint density at radius 3 is 2.76 bits per heavy atom. The van der Waals surface area contributed by atoms with Crippen LogP contribution in [0.25, 0.3) is 0 Å². The van der Waals surface area contributed by atoms with Crippen LogP contribution in [-0.2, 0) is 0 Å². The van der Waals surface area contributed by atoms with Crippen molar-refractivity contribution in [3.8, 4) is 5.75 Å². The highest BCUT2D eigenvalue weighted by Gasteiger charge is 2.30. The summed E-state index contributed by atoms with van der Waals surface area (Å²) < 4.78 is 6.77. The molecular weight excluding hydrogens is 282 g/mol. The van der Waals surface area contributed by atoms with Gasteiger partial charge in [0.15, 0.2) is 11.4 Å². The third-order valence-electron chi connectivity index (χ3n) is 3.22. The van der Waals surface area contributed by atoms with Crippen LogP contribution < -0.4 is 15.2 Å². The molecule has 0 unspecified atom stereocenters. The van der Waals surface area contributed by atoms with Gasteiger partial charge < -0.3 is 4.74 Å². The molecule has 1 saturated heterocycles. The number of pyridine rings is 1. The van der Waals surface area contributed by atoms with E-state index in [9.17, 15) is 0 Å². The van der Waals surface area contributed by atoms with E-state index in [-0.39, 0.29) is 0 Å². The maximum atomic E-state index is 6.42. The molecule has 2 rings (SSSR count). The van der Waals surface area contributed by atoms with Gasteiger partial charge in [-0.2, -0.15) is 5.84 Å². The highest BCUT2D eigenvalue weighted by Crippen LogP contribution is 2.31. The molecule has 0 aromatic carbocycles. The van der Waals surface area contributed by atoms with E-state index in [1.807, 2.05) is 19.2 Å². The lowest BCUT2D eigenvalue weighted by atomic mass is 10.1. The summed E-state index contributed by atoms with van der Waals surface area (Å²) in [5.41, 5.74) is 1.04. The lowest BCUT2D eigenvalue weighted by Crippen LogP contribution is -2.58. The normalized spacial score (nSPS) is 19.0. The lowest BCUT2D eigenvalue weighted by Gasteiger charge is -2.35. The highest BCUT2D eigenvalue weighted by molar-refractivity contribution is 9.10. The maximum absolute atomic E-state index is 6.42. The topological polar surface area (TPSA) is 48.1 Å². The predicted molar refractivity (Wildman–Crippen MR) is 72.7 cm³/mol. The van der Waals surface area contributed by atoms with Crippen molar-refractivity contribution in [1.82, 2.24) is 9.58 Å². The van der Waals surface area contributed by atoms with Crippen molar-refractivity contribution in [2.75, 3.05) is 19.7 Å². The highest BCUT2D eigenvalue weighted by atomic mass is 79.9. The van der Waals surface area contributed by atoms with E-state index in [2.05, 4.69) is 20.9 Å². The van der Waals surface area contributed by atoms with Gasteiger partial charge in [-0.25, -0.2) is 9.58 Å². The van der Waals surface area contributed by atoms with Crippen molar-refractivity contribution < 1.29 is 4.74 Å². The SMILES string of the molecule is CCOc1cc([N+]2(N)CCCCC2)cnc1Br. The number of nitrogens with two attached hydrogens (primary N) is 1. The van der Waals surface area contributed by atoms with Crippen molar-refractivity contribution in [1.29, 1.82) is 0 Å². The fourth-order valence-electron chi connectivity index (χ4n) is 2.25. The molecule has 17 heavy (non-hydrogen) atoms. The van der Waals surface area contributed by atoms with E-state index in [0.717, 1.165) is 29.1 Å². The molecule has 1 fully saturated rings. The molecular formula is C12H19BrN3O+. The predicted octanol–water partition coefficient (Wildman–Crippen LogP) is 2.61. The zero-order valence-corrected chi connectivity index (χ0v) is 11.7. The summed E-state index contributed by atoms with van der Waals surface area (Å²) in [6.45, 7) is 4.56. The summed E-state index contributed by atoms with van der Waals surface area (Å²) in [5, 5.41) is 0. The van der Waals surface area contributed by atoms with Crippen LogP contribution >= 0.6 is 15.9 Å². The van der Waals surface area contributed by atoms with E-state index in [0.29, 0.717) is 11.2 Å². The van der Waals surface area contributed by atoms with Gasteiger partial charge in [-0.05, 0) is 42.1 Å². The molecule has 0 radical (unpaired) electrons. The summed E-state index contributed by atoms with van der Waals surface area (Å²) in [5.74, 6) is 7.20. The Kier molecular flexibility index (Phi) is 4.01. The molecule has 2 N–H and O–H groups in total. The van der Waals surface area contributed by atoms with Crippen molar-refractivity contribution >= 4 is 21.6 Å². The first-order valence-electron chi connectivity index (χ1n) is 6.10. The van der Waals surface area contributed by atoms with Gasteiger partial charge in [0.1, 0.15) is 17.7 Å². The number of hydrogen-bond donors (Lipinski definition) is 1. The molecule has 1 aliphatic rings. The molecule has 1 aromatic heterocycles. The zero-order valence-electron chi connectivity index (χ0n) is 10.2. The summed E-state index contributed by atoms with van der Waals surface area (Å²) in [7, 11) is 0. The average Bonchev–Trinajstić information content (AvgIpc) is 2.33. The van der Waals surface area contributed by atoms with Crippen LogP contribution in [0.2, 0.25) is 0 Å². The second-order valence-electron chi connectivity index (χ2n) is 4.46. The van der Waals surface area contributed by atoms with Gasteiger partial charge in [0.2, 0.25) is 0 Å². The Morgan fingerprint density at radius 1 is 1.41 bits per heavy atom. The van der Waals surface area contributed by atoms with Crippen LogP contribution in [0.5, 0.6) is 5.75 Å². The standard InChI is InChI=1S/C12H19BrN3O/c1-2-17-11-8-10(9-15-12(11)13)16(14)6-4-3-5-7-16/h8-9H,2-7,14H2,1H3/q+1. The van der Waals surface area contributed by atoms with E-state index in [1.54, 1.807) is 0 Å². The minimum Gasteiger partial charge on any atom is -0.491 e. The molecule has 4 nitrogen and oxygen atoms in total. The van der Waals surface area contributed by atoms with Crippen LogP contribution in [0.15, 0.2) is 16.9 Å². The van der Waals surface area contributed by atoms with E-state index < -0.39 is 0 Å². The monoisotopic (exact) mass is 300 g/mol. The first kappa shape index (κ1) is 12.8. The molecule has 0 amide bonds. The first-order chi connectivity index (χ1) is 8.15. The lowest BCUT2D eigenvalue weighted by molar-refractivity contribution is 0.232. The molecule has 1 aromatic rings. The number of hydrogen-bond acceptors (Lipinski definition) is 3. The summed E-state index contributed by atoms with van der Waals surface area (Å²) >= 11 is 3.39. The van der Waals surface area contributed by atoms with Gasteiger partial charge in [-0.1, -0.05) is 0 Å². The molecule has 2 heterocycles. The van der Waals surface area contributed by atoms with Gasteiger partial charge in [0.25, 0.3) is 0 Å². The number of quaternary nitrogens is 1. The van der Waals surface area contributed by atoms with E-state index in [1.165, 1.54) is 19.3 Å². The number of ether oxygens (including phenoxy) is 1. The first-order valence-corrected chi connectivity index (χ1v) is 6.89. The molecule has 1 aliphatic heterocycles. The Hall–Kier alpha value is -0.650. The molecule has 0 bridgehead atoms. The van der Waals surface area contributed by atoms with Crippen LogP contribution in [0.1, 0.15) is 26.2 Å². The smallest absolute Gasteiger partial charge is 0.174 e. The van der Waals surface area contributed by atoms with Crippen molar-refractivity contribution in [3.63, 3.8) is 0 Å². The van der Waals surface area contributed by atoms with Gasteiger partial charge in [-0.3, -0.25) is 0 Å². The van der Waals surface area contributed by atoms with E-state index >= 15 is 0 Å². The summed E-state index contributed by atoms with van der Waals surface area (Å²) in [6.07, 6.45) is 5.48. The number of nitrogens with zero attached hydrogens (tertiary/aromatic N) is 2. The third kappa shape index (κ3) is 2.78. The Bertz CT molecular complexity index is 391. The molecule has 5 heteroatoms. The van der Waals surface area contributed by atoms with Crippen LogP contribution in [0.4, 0.5) is 5.69 Å². The Morgan fingerprint density at radius 2 is 2.12 bits per heavy atom. The number of halogens is 1. The minimum atomic E-state index is 0.486. The quantitative estimate of drug-likeness (QED) is 0.530. The minimum absolute atomic E-state index is 0.486. The molecule has 0 aliphatic carbocycles. The summed E-state index contributed by atoms with van der Waals surface area (Å²) in [4.78, 5) is 4.31. The summed E-state index contributed by atoms with van der Waals surface area (Å²) in [6, 6.07) is 2.01. The second kappa shape index (κ2) is 5.33. The fraction of sp³-hybridized carbons (Fsp3) is 0.583. The largest absolute Gasteiger partial charge is 0.491 e. The van der Waals surface area contributed by atoms with Crippen LogP contribution in [-0.4, -0.2) is 24.7 Å². The average molecular weight is 301 g/mol. The maximum Gasteiger partial charge on any atom is 0.174 e.